The van der Waals surface area contributed by atoms with Crippen molar-refractivity contribution in [3.8, 4) is 0 Å². The zero-order chi connectivity index (χ0) is 26.5. The summed E-state index contributed by atoms with van der Waals surface area (Å²) in [7, 11) is 0. The number of fused-ring (bicyclic) bond motifs is 1. The molecule has 0 saturated carbocycles. The molecule has 0 spiro atoms. The van der Waals surface area contributed by atoms with Gasteiger partial charge in [0, 0.05) is 12.6 Å². The zero-order valence-corrected chi connectivity index (χ0v) is 22.3. The molecule has 8 heteroatoms. The Balaban J connectivity index is 1.83. The second-order valence-electron chi connectivity index (χ2n) is 9.97. The maximum absolute atomic E-state index is 13.6. The minimum absolute atomic E-state index is 0.171. The summed E-state index contributed by atoms with van der Waals surface area (Å²) in [6, 6.07) is 14.3. The fourth-order valence-electron chi connectivity index (χ4n) is 4.21. The van der Waals surface area contributed by atoms with E-state index < -0.39 is 22.9 Å². The number of aryl methyl sites for hydroxylation is 2. The topological polar surface area (TPSA) is 92.8 Å². The first kappa shape index (κ1) is 27.5. The Hall–Kier alpha value is -3.13. The summed E-state index contributed by atoms with van der Waals surface area (Å²) in [6.07, 6.45) is 1.31. The van der Waals surface area contributed by atoms with Crippen molar-refractivity contribution in [2.45, 2.75) is 70.8 Å². The van der Waals surface area contributed by atoms with Gasteiger partial charge in [0.25, 0.3) is 0 Å². The first-order valence-electron chi connectivity index (χ1n) is 12.1. The predicted molar refractivity (Wildman–Crippen MR) is 142 cm³/mol. The first-order chi connectivity index (χ1) is 16.9. The van der Waals surface area contributed by atoms with Crippen molar-refractivity contribution in [3.05, 3.63) is 65.2 Å². The zero-order valence-electron chi connectivity index (χ0n) is 21.5. The van der Waals surface area contributed by atoms with Gasteiger partial charge in [0.05, 0.1) is 5.25 Å². The summed E-state index contributed by atoms with van der Waals surface area (Å²) < 4.78 is 5.46. The summed E-state index contributed by atoms with van der Waals surface area (Å²) in [5.74, 6) is -1.27. The predicted octanol–water partition coefficient (Wildman–Crippen LogP) is 3.99. The van der Waals surface area contributed by atoms with E-state index in [2.05, 4.69) is 5.32 Å². The minimum Gasteiger partial charge on any atom is -0.459 e. The molecule has 1 aliphatic heterocycles. The Kier molecular flexibility index (Phi) is 8.95. The van der Waals surface area contributed by atoms with E-state index in [-0.39, 0.29) is 23.5 Å². The Morgan fingerprint density at radius 3 is 2.44 bits per heavy atom. The molecule has 0 fully saturated rings. The molecule has 0 radical (unpaired) electrons. The molecule has 1 aliphatic rings. The number of anilines is 1. The van der Waals surface area contributed by atoms with Crippen LogP contribution in [0.3, 0.4) is 0 Å². The van der Waals surface area contributed by atoms with Crippen LogP contribution in [0.15, 0.2) is 48.5 Å². The summed E-state index contributed by atoms with van der Waals surface area (Å²) in [4.78, 5) is 53.0. The van der Waals surface area contributed by atoms with Gasteiger partial charge in [-0.25, -0.2) is 0 Å². The van der Waals surface area contributed by atoms with Gasteiger partial charge in [0.2, 0.25) is 11.8 Å². The molecule has 36 heavy (non-hydrogen) atoms. The third-order valence-electron chi connectivity index (χ3n) is 5.84. The summed E-state index contributed by atoms with van der Waals surface area (Å²) in [6.45, 7) is 8.45. The molecule has 3 rings (SSSR count). The van der Waals surface area contributed by atoms with Crippen LogP contribution in [0.25, 0.3) is 0 Å². The average molecular weight is 511 g/mol. The van der Waals surface area contributed by atoms with E-state index >= 15 is 0 Å². The first-order valence-corrected chi connectivity index (χ1v) is 13.0. The number of amides is 2. The summed E-state index contributed by atoms with van der Waals surface area (Å²) >= 11 is 0.961. The van der Waals surface area contributed by atoms with Crippen molar-refractivity contribution < 1.29 is 23.9 Å². The summed E-state index contributed by atoms with van der Waals surface area (Å²) in [5.41, 5.74) is 2.87. The van der Waals surface area contributed by atoms with Crippen molar-refractivity contribution in [3.63, 3.8) is 0 Å². The van der Waals surface area contributed by atoms with E-state index in [1.165, 1.54) is 11.8 Å². The van der Waals surface area contributed by atoms with Crippen molar-refractivity contribution in [1.82, 2.24) is 5.32 Å². The monoisotopic (exact) mass is 510 g/mol. The number of rotatable bonds is 7. The van der Waals surface area contributed by atoms with Gasteiger partial charge in [-0.05, 0) is 69.7 Å². The Morgan fingerprint density at radius 2 is 1.78 bits per heavy atom. The number of nitrogens with one attached hydrogen (secondary N) is 1. The van der Waals surface area contributed by atoms with Crippen LogP contribution in [0.2, 0.25) is 0 Å². The number of esters is 1. The largest absolute Gasteiger partial charge is 0.459 e. The molecule has 0 bridgehead atoms. The lowest BCUT2D eigenvalue weighted by molar-refractivity contribution is -0.153. The Bertz CT molecular complexity index is 1140. The van der Waals surface area contributed by atoms with E-state index in [4.69, 9.17) is 4.74 Å². The molecule has 1 N–H and O–H groups in total. The lowest BCUT2D eigenvalue weighted by Crippen LogP contribution is -2.52. The maximum Gasteiger partial charge on any atom is 0.326 e. The van der Waals surface area contributed by atoms with Gasteiger partial charge in [-0.2, -0.15) is 0 Å². The van der Waals surface area contributed by atoms with Crippen LogP contribution in [-0.4, -0.2) is 46.3 Å². The van der Waals surface area contributed by atoms with Crippen molar-refractivity contribution in [1.29, 1.82) is 0 Å². The lowest BCUT2D eigenvalue weighted by atomic mass is 10.0. The number of hydrogen-bond donors (Lipinski definition) is 1. The number of carbonyl (C=O) groups excluding carboxylic acids is 4. The van der Waals surface area contributed by atoms with Crippen LogP contribution in [0.4, 0.5) is 5.69 Å². The minimum atomic E-state index is -0.834. The van der Waals surface area contributed by atoms with E-state index in [0.29, 0.717) is 24.9 Å². The molecule has 0 saturated heterocycles. The molecule has 2 atom stereocenters. The molecule has 7 nitrogen and oxygen atoms in total. The highest BCUT2D eigenvalue weighted by Gasteiger charge is 2.35. The Morgan fingerprint density at radius 1 is 1.11 bits per heavy atom. The standard InChI is InChI=1S/C28H34N2O5S/c1-18-10-6-7-12-21(18)16-24(36-19(2)31)26(33)29-22-15-14-20-11-8-9-13-23(20)30(27(22)34)17-25(32)35-28(3,4)5/h6-13,22,24H,14-17H2,1-5H3,(H,29,33)/t22-,24?/m0/s1. The third kappa shape index (κ3) is 7.43. The molecule has 2 aromatic carbocycles. The van der Waals surface area contributed by atoms with Crippen LogP contribution >= 0.6 is 11.8 Å². The third-order valence-corrected chi connectivity index (χ3v) is 6.84. The number of para-hydroxylation sites is 1. The second-order valence-corrected chi connectivity index (χ2v) is 11.3. The number of carbonyl (C=O) groups is 4. The second kappa shape index (κ2) is 11.7. The van der Waals surface area contributed by atoms with Gasteiger partial charge >= 0.3 is 5.97 Å². The van der Waals surface area contributed by atoms with Crippen LogP contribution in [0.5, 0.6) is 0 Å². The normalized spacial score (nSPS) is 16.5. The average Bonchev–Trinajstić information content (AvgIpc) is 2.91. The Labute approximate surface area is 217 Å². The van der Waals surface area contributed by atoms with Crippen molar-refractivity contribution in [2.75, 3.05) is 11.4 Å². The van der Waals surface area contributed by atoms with E-state index in [1.54, 1.807) is 26.8 Å². The van der Waals surface area contributed by atoms with E-state index in [1.807, 2.05) is 49.4 Å². The highest BCUT2D eigenvalue weighted by Crippen LogP contribution is 2.28. The van der Waals surface area contributed by atoms with Gasteiger partial charge in [-0.3, -0.25) is 24.1 Å². The van der Waals surface area contributed by atoms with Gasteiger partial charge in [0.15, 0.2) is 5.12 Å². The molecule has 2 amide bonds. The van der Waals surface area contributed by atoms with Crippen LogP contribution in [0.1, 0.15) is 50.8 Å². The molecular formula is C28H34N2O5S. The van der Waals surface area contributed by atoms with Gasteiger partial charge in [-0.15, -0.1) is 0 Å². The van der Waals surface area contributed by atoms with Gasteiger partial charge in [-0.1, -0.05) is 54.2 Å². The highest BCUT2D eigenvalue weighted by molar-refractivity contribution is 8.14. The molecule has 1 unspecified atom stereocenters. The van der Waals surface area contributed by atoms with E-state index in [9.17, 15) is 19.2 Å². The van der Waals surface area contributed by atoms with Crippen LogP contribution < -0.4 is 10.2 Å². The van der Waals surface area contributed by atoms with E-state index in [0.717, 1.165) is 28.5 Å². The maximum atomic E-state index is 13.6. The number of benzene rings is 2. The molecular weight excluding hydrogens is 476 g/mol. The molecule has 0 aliphatic carbocycles. The van der Waals surface area contributed by atoms with Crippen LogP contribution in [-0.2, 0) is 36.8 Å². The fraction of sp³-hybridized carbons (Fsp3) is 0.429. The smallest absolute Gasteiger partial charge is 0.326 e. The quantitative estimate of drug-likeness (QED) is 0.566. The van der Waals surface area contributed by atoms with Gasteiger partial charge in [0.1, 0.15) is 18.2 Å². The number of thioether (sulfide) groups is 1. The number of nitrogens with zero attached hydrogens (tertiary/aromatic N) is 1. The van der Waals surface area contributed by atoms with Gasteiger partial charge < -0.3 is 10.1 Å². The van der Waals surface area contributed by atoms with Crippen LogP contribution in [0, 0.1) is 6.92 Å². The molecule has 2 aromatic rings. The fourth-order valence-corrected chi connectivity index (χ4v) is 5.05. The number of ether oxygens (including phenoxy) is 1. The highest BCUT2D eigenvalue weighted by atomic mass is 32.2. The lowest BCUT2D eigenvalue weighted by Gasteiger charge is -2.28. The molecule has 192 valence electrons. The van der Waals surface area contributed by atoms with Crippen molar-refractivity contribution in [2.24, 2.45) is 0 Å². The summed E-state index contributed by atoms with van der Waals surface area (Å²) in [5, 5.41) is 2.03. The van der Waals surface area contributed by atoms with Crippen molar-refractivity contribution >= 4 is 40.3 Å². The molecule has 0 aromatic heterocycles. The SMILES string of the molecule is CC(=O)SC(Cc1ccccc1C)C(=O)N[C@H]1CCc2ccccc2N(CC(=O)OC(C)(C)C)C1=O. The number of hydrogen-bond acceptors (Lipinski definition) is 6. The molecule has 1 heterocycles.